The summed E-state index contributed by atoms with van der Waals surface area (Å²) in [6.07, 6.45) is 0. The molecule has 0 aliphatic carbocycles. The Morgan fingerprint density at radius 1 is 1.44 bits per heavy atom. The van der Waals surface area contributed by atoms with Gasteiger partial charge in [-0.3, -0.25) is 4.72 Å². The van der Waals surface area contributed by atoms with Crippen molar-refractivity contribution in [1.29, 1.82) is 0 Å². The maximum Gasteiger partial charge on any atom is 0.234 e. The van der Waals surface area contributed by atoms with Gasteiger partial charge >= 0.3 is 0 Å². The molecule has 1 aromatic rings. The van der Waals surface area contributed by atoms with Crippen LogP contribution in [0.5, 0.6) is 0 Å². The molecule has 7 heteroatoms. The van der Waals surface area contributed by atoms with E-state index in [-0.39, 0.29) is 5.75 Å². The lowest BCUT2D eigenvalue weighted by molar-refractivity contribution is 0.598. The fourth-order valence-corrected chi connectivity index (χ4v) is 3.03. The molecule has 2 N–H and O–H groups in total. The van der Waals surface area contributed by atoms with Gasteiger partial charge in [0.2, 0.25) is 10.0 Å². The maximum absolute atomic E-state index is 11.6. The molecule has 0 amide bonds. The van der Waals surface area contributed by atoms with Gasteiger partial charge in [0.05, 0.1) is 11.4 Å². The lowest BCUT2D eigenvalue weighted by Gasteiger charge is -2.09. The Morgan fingerprint density at radius 3 is 2.69 bits per heavy atom. The molecule has 0 aliphatic rings. The molecule has 0 aromatic heterocycles. The standard InChI is InChI=1S/C9H12BrClN2O2S/c1-12-4-5-16(14,15)13-9-3-2-7(11)6-8(9)10/h2-3,6,12-13H,4-5H2,1H3. The van der Waals surface area contributed by atoms with Crippen molar-refractivity contribution < 1.29 is 8.42 Å². The van der Waals surface area contributed by atoms with Crippen molar-refractivity contribution in [3.05, 3.63) is 27.7 Å². The third-order valence-corrected chi connectivity index (χ3v) is 3.98. The largest absolute Gasteiger partial charge is 0.319 e. The van der Waals surface area contributed by atoms with Crippen LogP contribution in [0.25, 0.3) is 0 Å². The number of hydrogen-bond donors (Lipinski definition) is 2. The number of hydrogen-bond acceptors (Lipinski definition) is 3. The summed E-state index contributed by atoms with van der Waals surface area (Å²) in [6.45, 7) is 0.403. The Morgan fingerprint density at radius 2 is 2.12 bits per heavy atom. The summed E-state index contributed by atoms with van der Waals surface area (Å²) < 4.78 is 26.3. The molecule has 1 rings (SSSR count). The van der Waals surface area contributed by atoms with Crippen LogP contribution in [0.1, 0.15) is 0 Å². The Balaban J connectivity index is 2.80. The van der Waals surface area contributed by atoms with E-state index in [0.29, 0.717) is 21.7 Å². The van der Waals surface area contributed by atoms with Crippen LogP contribution in [-0.2, 0) is 10.0 Å². The van der Waals surface area contributed by atoms with Crippen LogP contribution in [-0.4, -0.2) is 27.8 Å². The quantitative estimate of drug-likeness (QED) is 0.870. The van der Waals surface area contributed by atoms with Crippen LogP contribution in [0, 0.1) is 0 Å². The van der Waals surface area contributed by atoms with Crippen molar-refractivity contribution in [3.63, 3.8) is 0 Å². The zero-order valence-corrected chi connectivity index (χ0v) is 11.8. The Bertz CT molecular complexity index is 465. The van der Waals surface area contributed by atoms with Crippen molar-refractivity contribution in [2.75, 3.05) is 24.1 Å². The summed E-state index contributed by atoms with van der Waals surface area (Å²) in [5.74, 6) is 0.0264. The third-order valence-electron chi connectivity index (χ3n) is 1.82. The van der Waals surface area contributed by atoms with Crippen LogP contribution in [0.2, 0.25) is 5.02 Å². The van der Waals surface area contributed by atoms with E-state index >= 15 is 0 Å². The lowest BCUT2D eigenvalue weighted by atomic mass is 10.3. The number of rotatable bonds is 5. The van der Waals surface area contributed by atoms with Gasteiger partial charge in [0.15, 0.2) is 0 Å². The highest BCUT2D eigenvalue weighted by Crippen LogP contribution is 2.26. The van der Waals surface area contributed by atoms with Gasteiger partial charge in [-0.25, -0.2) is 8.42 Å². The molecule has 0 atom stereocenters. The molecule has 0 spiro atoms. The normalized spacial score (nSPS) is 11.4. The van der Waals surface area contributed by atoms with E-state index in [2.05, 4.69) is 26.0 Å². The van der Waals surface area contributed by atoms with Gasteiger partial charge in [0.25, 0.3) is 0 Å². The minimum atomic E-state index is -3.32. The van der Waals surface area contributed by atoms with Gasteiger partial charge in [-0.2, -0.15) is 0 Å². The molecule has 0 saturated heterocycles. The SMILES string of the molecule is CNCCS(=O)(=O)Nc1ccc(Cl)cc1Br. The third kappa shape index (κ3) is 4.29. The van der Waals surface area contributed by atoms with E-state index in [1.54, 1.807) is 25.2 Å². The van der Waals surface area contributed by atoms with Crippen LogP contribution >= 0.6 is 27.5 Å². The number of halogens is 2. The number of sulfonamides is 1. The number of anilines is 1. The lowest BCUT2D eigenvalue weighted by Crippen LogP contribution is -2.24. The summed E-state index contributed by atoms with van der Waals surface area (Å²) in [5.41, 5.74) is 0.487. The van der Waals surface area contributed by atoms with Crippen LogP contribution < -0.4 is 10.0 Å². The monoisotopic (exact) mass is 326 g/mol. The predicted molar refractivity (Wildman–Crippen MR) is 70.5 cm³/mol. The smallest absolute Gasteiger partial charge is 0.234 e. The van der Waals surface area contributed by atoms with Gasteiger partial charge in [0, 0.05) is 16.0 Å². The molecule has 0 unspecified atom stereocenters. The number of benzene rings is 1. The van der Waals surface area contributed by atoms with Crippen molar-refractivity contribution in [1.82, 2.24) is 5.32 Å². The van der Waals surface area contributed by atoms with Gasteiger partial charge < -0.3 is 5.32 Å². The minimum absolute atomic E-state index is 0.0264. The van der Waals surface area contributed by atoms with E-state index in [4.69, 9.17) is 11.6 Å². The average Bonchev–Trinajstić information content (AvgIpc) is 2.19. The molecular weight excluding hydrogens is 316 g/mol. The second kappa shape index (κ2) is 5.86. The molecule has 0 fully saturated rings. The van der Waals surface area contributed by atoms with Gasteiger partial charge in [-0.1, -0.05) is 11.6 Å². The molecule has 1 aromatic carbocycles. The highest BCUT2D eigenvalue weighted by Gasteiger charge is 2.11. The first-order valence-corrected chi connectivity index (χ1v) is 7.37. The zero-order valence-electron chi connectivity index (χ0n) is 8.63. The van der Waals surface area contributed by atoms with Gasteiger partial charge in [-0.05, 0) is 41.2 Å². The molecule has 0 bridgehead atoms. The first kappa shape index (κ1) is 13.8. The fourth-order valence-electron chi connectivity index (χ4n) is 1.03. The van der Waals surface area contributed by atoms with E-state index in [9.17, 15) is 8.42 Å². The molecule has 0 radical (unpaired) electrons. The number of nitrogens with one attached hydrogen (secondary N) is 2. The molecule has 4 nitrogen and oxygen atoms in total. The van der Waals surface area contributed by atoms with Crippen molar-refractivity contribution in [2.45, 2.75) is 0 Å². The second-order valence-corrected chi connectivity index (χ2v) is 6.28. The molecule has 0 heterocycles. The van der Waals surface area contributed by atoms with Crippen molar-refractivity contribution >= 4 is 43.2 Å². The fraction of sp³-hybridized carbons (Fsp3) is 0.333. The van der Waals surface area contributed by atoms with E-state index < -0.39 is 10.0 Å². The van der Waals surface area contributed by atoms with E-state index in [1.807, 2.05) is 0 Å². The Hall–Kier alpha value is -0.300. The maximum atomic E-state index is 11.6. The summed E-state index contributed by atoms with van der Waals surface area (Å²) in [4.78, 5) is 0. The minimum Gasteiger partial charge on any atom is -0.319 e. The van der Waals surface area contributed by atoms with Gasteiger partial charge in [-0.15, -0.1) is 0 Å². The zero-order chi connectivity index (χ0) is 12.2. The topological polar surface area (TPSA) is 58.2 Å². The highest BCUT2D eigenvalue weighted by molar-refractivity contribution is 9.10. The Kier molecular flexibility index (Phi) is 5.04. The summed E-state index contributed by atoms with van der Waals surface area (Å²) in [6, 6.07) is 4.88. The van der Waals surface area contributed by atoms with Crippen LogP contribution in [0.4, 0.5) is 5.69 Å². The molecule has 0 saturated carbocycles. The first-order valence-electron chi connectivity index (χ1n) is 4.55. The highest BCUT2D eigenvalue weighted by atomic mass is 79.9. The summed E-state index contributed by atoms with van der Waals surface area (Å²) >= 11 is 9.00. The molecule has 16 heavy (non-hydrogen) atoms. The van der Waals surface area contributed by atoms with Crippen molar-refractivity contribution in [2.24, 2.45) is 0 Å². The Labute approximate surface area is 109 Å². The predicted octanol–water partition coefficient (Wildman–Crippen LogP) is 2.06. The van der Waals surface area contributed by atoms with E-state index in [0.717, 1.165) is 0 Å². The summed E-state index contributed by atoms with van der Waals surface area (Å²) in [7, 11) is -1.62. The first-order chi connectivity index (χ1) is 7.44. The van der Waals surface area contributed by atoms with E-state index in [1.165, 1.54) is 0 Å². The molecular formula is C9H12BrClN2O2S. The average molecular weight is 328 g/mol. The van der Waals surface area contributed by atoms with Gasteiger partial charge in [0.1, 0.15) is 0 Å². The second-order valence-electron chi connectivity index (χ2n) is 3.15. The summed E-state index contributed by atoms with van der Waals surface area (Å²) in [5, 5.41) is 3.33. The van der Waals surface area contributed by atoms with Crippen molar-refractivity contribution in [3.8, 4) is 0 Å². The van der Waals surface area contributed by atoms with Crippen LogP contribution in [0.3, 0.4) is 0 Å². The van der Waals surface area contributed by atoms with Crippen LogP contribution in [0.15, 0.2) is 22.7 Å². The molecule has 0 aliphatic heterocycles. The molecule has 90 valence electrons.